The molecule has 25 heavy (non-hydrogen) atoms. The molecule has 2 rings (SSSR count). The van der Waals surface area contributed by atoms with Gasteiger partial charge in [0.15, 0.2) is 0 Å². The molecule has 0 heterocycles. The van der Waals surface area contributed by atoms with Gasteiger partial charge in [0.25, 0.3) is 0 Å². The Morgan fingerprint density at radius 2 is 1.64 bits per heavy atom. The van der Waals surface area contributed by atoms with Crippen LogP contribution in [0.5, 0.6) is 5.75 Å². The van der Waals surface area contributed by atoms with E-state index in [-0.39, 0.29) is 24.2 Å². The molecule has 0 saturated carbocycles. The van der Waals surface area contributed by atoms with Gasteiger partial charge in [0.05, 0.1) is 0 Å². The van der Waals surface area contributed by atoms with Gasteiger partial charge >= 0.3 is 11.8 Å². The van der Waals surface area contributed by atoms with Gasteiger partial charge in [0.2, 0.25) is 0 Å². The van der Waals surface area contributed by atoms with Crippen LogP contribution in [0, 0.1) is 5.82 Å². The van der Waals surface area contributed by atoms with E-state index in [1.165, 1.54) is 17.0 Å². The number of carbonyl (C=O) groups is 2. The number of nitrogens with zero attached hydrogens (tertiary/aromatic N) is 1. The Labute approximate surface area is 146 Å². The number of hydrogen-bond acceptors (Lipinski definition) is 3. The molecule has 0 spiro atoms. The lowest BCUT2D eigenvalue weighted by molar-refractivity contribution is -0.146. The maximum absolute atomic E-state index is 12.8. The molecule has 1 atom stereocenters. The second-order valence-corrected chi connectivity index (χ2v) is 5.94. The number of rotatable bonds is 5. The number of hydrogen-bond donors (Lipinski definition) is 2. The van der Waals surface area contributed by atoms with Gasteiger partial charge in [-0.05, 0) is 48.7 Å². The summed E-state index contributed by atoms with van der Waals surface area (Å²) >= 11 is 0. The summed E-state index contributed by atoms with van der Waals surface area (Å²) in [4.78, 5) is 25.6. The Kier molecular flexibility index (Phi) is 6.11. The molecule has 2 N–H and O–H groups in total. The van der Waals surface area contributed by atoms with Crippen molar-refractivity contribution in [1.29, 1.82) is 0 Å². The smallest absolute Gasteiger partial charge is 0.311 e. The van der Waals surface area contributed by atoms with Crippen LogP contribution >= 0.6 is 0 Å². The van der Waals surface area contributed by atoms with Gasteiger partial charge in [0, 0.05) is 19.6 Å². The van der Waals surface area contributed by atoms with Crippen LogP contribution in [0.4, 0.5) is 4.39 Å². The Bertz CT molecular complexity index is 729. The molecule has 0 aliphatic carbocycles. The average Bonchev–Trinajstić information content (AvgIpc) is 2.61. The highest BCUT2D eigenvalue weighted by molar-refractivity contribution is 6.34. The highest BCUT2D eigenvalue weighted by Gasteiger charge is 2.22. The molecule has 6 heteroatoms. The lowest BCUT2D eigenvalue weighted by Gasteiger charge is -2.24. The van der Waals surface area contributed by atoms with Crippen molar-refractivity contribution >= 4 is 11.8 Å². The monoisotopic (exact) mass is 344 g/mol. The van der Waals surface area contributed by atoms with Crippen molar-refractivity contribution in [2.75, 3.05) is 7.05 Å². The molecule has 2 amide bonds. The summed E-state index contributed by atoms with van der Waals surface area (Å²) in [5.41, 5.74) is 1.67. The molecule has 0 bridgehead atoms. The summed E-state index contributed by atoms with van der Waals surface area (Å²) in [6, 6.07) is 12.2. The molecule has 2 aromatic rings. The third kappa shape index (κ3) is 5.31. The number of aromatic hydroxyl groups is 1. The number of halogens is 1. The van der Waals surface area contributed by atoms with E-state index in [4.69, 9.17) is 0 Å². The molecule has 0 aliphatic rings. The highest BCUT2D eigenvalue weighted by atomic mass is 19.1. The Morgan fingerprint density at radius 3 is 2.24 bits per heavy atom. The number of benzene rings is 2. The topological polar surface area (TPSA) is 69.6 Å². The number of phenolic OH excluding ortho intramolecular Hbond substituents is 1. The lowest BCUT2D eigenvalue weighted by Crippen LogP contribution is -2.45. The third-order valence-corrected chi connectivity index (χ3v) is 4.01. The van der Waals surface area contributed by atoms with Gasteiger partial charge < -0.3 is 15.3 Å². The minimum Gasteiger partial charge on any atom is -0.508 e. The van der Waals surface area contributed by atoms with E-state index in [0.717, 1.165) is 5.56 Å². The summed E-state index contributed by atoms with van der Waals surface area (Å²) in [5, 5.41) is 11.8. The molecule has 132 valence electrons. The molecule has 0 aromatic heterocycles. The average molecular weight is 344 g/mol. The Morgan fingerprint density at radius 1 is 1.08 bits per heavy atom. The summed E-state index contributed by atoms with van der Waals surface area (Å²) in [5.74, 6) is -1.51. The second-order valence-electron chi connectivity index (χ2n) is 5.94. The van der Waals surface area contributed by atoms with Crippen LogP contribution < -0.4 is 5.32 Å². The summed E-state index contributed by atoms with van der Waals surface area (Å²) in [6.45, 7) is 2.00. The van der Waals surface area contributed by atoms with Crippen LogP contribution in [0.1, 0.15) is 18.1 Å². The Balaban J connectivity index is 1.87. The number of likely N-dealkylation sites (N-methyl/N-ethyl adjacent to an activating group) is 1. The maximum Gasteiger partial charge on any atom is 0.311 e. The normalized spacial score (nSPS) is 11.6. The number of nitrogens with one attached hydrogen (secondary N) is 1. The standard InChI is InChI=1S/C19H21FN2O3/c1-13(11-14-5-9-17(23)10-6-14)22(2)19(25)18(24)21-12-15-3-7-16(20)8-4-15/h3-10,13,23H,11-12H2,1-2H3,(H,21,24)/t13-/m0/s1. The highest BCUT2D eigenvalue weighted by Crippen LogP contribution is 2.13. The molecular weight excluding hydrogens is 323 g/mol. The minimum atomic E-state index is -0.704. The van der Waals surface area contributed by atoms with E-state index in [1.54, 1.807) is 43.4 Å². The van der Waals surface area contributed by atoms with E-state index in [2.05, 4.69) is 5.32 Å². The van der Waals surface area contributed by atoms with Crippen molar-refractivity contribution in [2.45, 2.75) is 25.9 Å². The van der Waals surface area contributed by atoms with Gasteiger partial charge in [-0.3, -0.25) is 9.59 Å². The fourth-order valence-electron chi connectivity index (χ4n) is 2.33. The lowest BCUT2D eigenvalue weighted by atomic mass is 10.1. The molecule has 0 saturated heterocycles. The van der Waals surface area contributed by atoms with Crippen molar-refractivity contribution in [2.24, 2.45) is 0 Å². The van der Waals surface area contributed by atoms with E-state index >= 15 is 0 Å². The first-order valence-corrected chi connectivity index (χ1v) is 7.94. The predicted molar refractivity (Wildman–Crippen MR) is 92.3 cm³/mol. The maximum atomic E-state index is 12.8. The van der Waals surface area contributed by atoms with Crippen LogP contribution in [0.15, 0.2) is 48.5 Å². The van der Waals surface area contributed by atoms with E-state index < -0.39 is 11.8 Å². The molecule has 0 fully saturated rings. The van der Waals surface area contributed by atoms with Crippen molar-refractivity contribution in [3.8, 4) is 5.75 Å². The molecule has 0 aliphatic heterocycles. The largest absolute Gasteiger partial charge is 0.508 e. The quantitative estimate of drug-likeness (QED) is 0.818. The number of carbonyl (C=O) groups excluding carboxylic acids is 2. The van der Waals surface area contributed by atoms with E-state index in [0.29, 0.717) is 12.0 Å². The fourth-order valence-corrected chi connectivity index (χ4v) is 2.33. The molecule has 5 nitrogen and oxygen atoms in total. The van der Waals surface area contributed by atoms with E-state index in [1.807, 2.05) is 6.92 Å². The van der Waals surface area contributed by atoms with Crippen LogP contribution in [0.25, 0.3) is 0 Å². The van der Waals surface area contributed by atoms with Crippen LogP contribution in [0.3, 0.4) is 0 Å². The minimum absolute atomic E-state index is 0.158. The molecular formula is C19H21FN2O3. The first-order chi connectivity index (χ1) is 11.9. The summed E-state index contributed by atoms with van der Waals surface area (Å²) in [6.07, 6.45) is 0.563. The van der Waals surface area contributed by atoms with Gasteiger partial charge in [0.1, 0.15) is 11.6 Å². The van der Waals surface area contributed by atoms with Crippen molar-refractivity contribution in [1.82, 2.24) is 10.2 Å². The van der Waals surface area contributed by atoms with Gasteiger partial charge in [-0.1, -0.05) is 24.3 Å². The predicted octanol–water partition coefficient (Wildman–Crippen LogP) is 2.24. The summed E-state index contributed by atoms with van der Waals surface area (Å²) in [7, 11) is 1.57. The van der Waals surface area contributed by atoms with Crippen LogP contribution in [0.2, 0.25) is 0 Å². The van der Waals surface area contributed by atoms with Crippen LogP contribution in [-0.4, -0.2) is 34.9 Å². The summed E-state index contributed by atoms with van der Waals surface area (Å²) < 4.78 is 12.8. The number of amides is 2. The Hall–Kier alpha value is -2.89. The molecule has 2 aromatic carbocycles. The van der Waals surface area contributed by atoms with Crippen molar-refractivity contribution < 1.29 is 19.1 Å². The zero-order valence-corrected chi connectivity index (χ0v) is 14.2. The van der Waals surface area contributed by atoms with Gasteiger partial charge in [-0.2, -0.15) is 0 Å². The first kappa shape index (κ1) is 18.4. The zero-order chi connectivity index (χ0) is 18.4. The SMILES string of the molecule is C[C@@H](Cc1ccc(O)cc1)N(C)C(=O)C(=O)NCc1ccc(F)cc1. The third-order valence-electron chi connectivity index (χ3n) is 4.01. The first-order valence-electron chi connectivity index (χ1n) is 7.94. The fraction of sp³-hybridized carbons (Fsp3) is 0.263. The van der Waals surface area contributed by atoms with Crippen LogP contribution in [-0.2, 0) is 22.6 Å². The second kappa shape index (κ2) is 8.28. The van der Waals surface area contributed by atoms with Gasteiger partial charge in [-0.25, -0.2) is 4.39 Å². The zero-order valence-electron chi connectivity index (χ0n) is 14.2. The van der Waals surface area contributed by atoms with Gasteiger partial charge in [-0.15, -0.1) is 0 Å². The van der Waals surface area contributed by atoms with E-state index in [9.17, 15) is 19.1 Å². The molecule has 0 radical (unpaired) electrons. The van der Waals surface area contributed by atoms with Crippen molar-refractivity contribution in [3.63, 3.8) is 0 Å². The molecule has 0 unspecified atom stereocenters. The number of phenols is 1. The van der Waals surface area contributed by atoms with Crippen molar-refractivity contribution in [3.05, 3.63) is 65.5 Å².